The van der Waals surface area contributed by atoms with E-state index in [1.54, 1.807) is 27.8 Å². The van der Waals surface area contributed by atoms with E-state index in [1.165, 1.54) is 0 Å². The Kier molecular flexibility index (Phi) is 6.49. The third kappa shape index (κ3) is 4.87. The van der Waals surface area contributed by atoms with Gasteiger partial charge in [-0.2, -0.15) is 0 Å². The quantitative estimate of drug-likeness (QED) is 0.693. The Morgan fingerprint density at radius 1 is 1.35 bits per heavy atom. The average Bonchev–Trinajstić information content (AvgIpc) is 2.88. The summed E-state index contributed by atoms with van der Waals surface area (Å²) < 4.78 is 1.71. The molecular formula is C14H20N2O4. The first-order valence-corrected chi connectivity index (χ1v) is 6.68. The van der Waals surface area contributed by atoms with Crippen molar-refractivity contribution in [3.63, 3.8) is 0 Å². The van der Waals surface area contributed by atoms with Crippen LogP contribution >= 0.6 is 0 Å². The molecule has 1 aromatic heterocycles. The number of aryl methyl sites for hydroxylation is 1. The van der Waals surface area contributed by atoms with Crippen LogP contribution in [-0.2, 0) is 16.1 Å². The molecule has 0 aromatic carbocycles. The highest BCUT2D eigenvalue weighted by Crippen LogP contribution is 2.04. The number of carboxylic acid groups (broad SMARTS) is 1. The number of rotatable bonds is 9. The Bertz CT molecular complexity index is 467. The lowest BCUT2D eigenvalue weighted by atomic mass is 10.3. The Morgan fingerprint density at radius 3 is 2.70 bits per heavy atom. The molecule has 20 heavy (non-hydrogen) atoms. The molecule has 1 heterocycles. The largest absolute Gasteiger partial charge is 0.481 e. The number of carboxylic acids is 1. The van der Waals surface area contributed by atoms with Gasteiger partial charge >= 0.3 is 5.97 Å². The Balaban J connectivity index is 2.53. The highest BCUT2D eigenvalue weighted by molar-refractivity contribution is 5.77. The van der Waals surface area contributed by atoms with Crippen molar-refractivity contribution in [3.05, 3.63) is 24.0 Å². The first-order valence-electron chi connectivity index (χ1n) is 6.68. The van der Waals surface area contributed by atoms with Crippen LogP contribution in [0.1, 0.15) is 36.7 Å². The zero-order chi connectivity index (χ0) is 15.0. The maximum atomic E-state index is 12.1. The number of aldehydes is 1. The van der Waals surface area contributed by atoms with Gasteiger partial charge in [-0.1, -0.05) is 6.92 Å². The smallest absolute Gasteiger partial charge is 0.305 e. The minimum Gasteiger partial charge on any atom is -0.481 e. The van der Waals surface area contributed by atoms with E-state index >= 15 is 0 Å². The number of aromatic nitrogens is 1. The van der Waals surface area contributed by atoms with E-state index in [-0.39, 0.29) is 25.3 Å². The summed E-state index contributed by atoms with van der Waals surface area (Å²) in [5, 5.41) is 8.68. The van der Waals surface area contributed by atoms with Gasteiger partial charge in [0.25, 0.3) is 0 Å². The van der Waals surface area contributed by atoms with Crippen LogP contribution in [0.4, 0.5) is 0 Å². The monoisotopic (exact) mass is 280 g/mol. The third-order valence-electron chi connectivity index (χ3n) is 2.99. The molecule has 0 saturated heterocycles. The Hall–Kier alpha value is -2.11. The van der Waals surface area contributed by atoms with Crippen LogP contribution < -0.4 is 0 Å². The second-order valence-electron chi connectivity index (χ2n) is 4.52. The van der Waals surface area contributed by atoms with Crippen LogP contribution in [0.2, 0.25) is 0 Å². The van der Waals surface area contributed by atoms with Crippen molar-refractivity contribution in [2.75, 3.05) is 13.1 Å². The molecule has 0 spiro atoms. The lowest BCUT2D eigenvalue weighted by Gasteiger charge is -2.21. The zero-order valence-electron chi connectivity index (χ0n) is 11.6. The molecule has 0 radical (unpaired) electrons. The number of hydrogen-bond donors (Lipinski definition) is 1. The highest BCUT2D eigenvalue weighted by Gasteiger charge is 2.14. The topological polar surface area (TPSA) is 79.6 Å². The third-order valence-corrected chi connectivity index (χ3v) is 2.99. The van der Waals surface area contributed by atoms with E-state index in [2.05, 4.69) is 0 Å². The van der Waals surface area contributed by atoms with Crippen LogP contribution in [0.25, 0.3) is 0 Å². The normalized spacial score (nSPS) is 10.2. The summed E-state index contributed by atoms with van der Waals surface area (Å²) in [6.45, 7) is 3.15. The van der Waals surface area contributed by atoms with Crippen molar-refractivity contribution in [1.29, 1.82) is 0 Å². The van der Waals surface area contributed by atoms with Crippen LogP contribution in [0.5, 0.6) is 0 Å². The maximum Gasteiger partial charge on any atom is 0.305 e. The molecule has 0 aliphatic carbocycles. The van der Waals surface area contributed by atoms with Crippen molar-refractivity contribution in [3.8, 4) is 0 Å². The second kappa shape index (κ2) is 8.14. The molecule has 6 nitrogen and oxygen atoms in total. The fourth-order valence-corrected chi connectivity index (χ4v) is 1.97. The average molecular weight is 280 g/mol. The summed E-state index contributed by atoms with van der Waals surface area (Å²) in [4.78, 5) is 35.0. The number of amides is 1. The Labute approximate surface area is 118 Å². The van der Waals surface area contributed by atoms with Crippen LogP contribution in [0.3, 0.4) is 0 Å². The van der Waals surface area contributed by atoms with Gasteiger partial charge in [-0.15, -0.1) is 0 Å². The molecule has 6 heteroatoms. The molecule has 110 valence electrons. The van der Waals surface area contributed by atoms with Crippen molar-refractivity contribution in [2.45, 2.75) is 32.7 Å². The first-order chi connectivity index (χ1) is 9.58. The minimum atomic E-state index is -0.910. The minimum absolute atomic E-state index is 0.0468. The fourth-order valence-electron chi connectivity index (χ4n) is 1.97. The molecule has 1 N–H and O–H groups in total. The van der Waals surface area contributed by atoms with Crippen LogP contribution in [0.15, 0.2) is 18.3 Å². The molecule has 0 atom stereocenters. The summed E-state index contributed by atoms with van der Waals surface area (Å²) in [7, 11) is 0. The lowest BCUT2D eigenvalue weighted by molar-refractivity contribution is -0.138. The standard InChI is InChI=1S/C14H20N2O4/c1-2-7-16(10-6-14(19)20)13(18)5-9-15-8-3-4-12(15)11-17/h3-4,8,11H,2,5-7,9-10H2,1H3,(H,19,20). The Morgan fingerprint density at radius 2 is 2.10 bits per heavy atom. The molecule has 0 saturated carbocycles. The zero-order valence-corrected chi connectivity index (χ0v) is 11.6. The molecule has 0 fully saturated rings. The number of hydrogen-bond acceptors (Lipinski definition) is 3. The van der Waals surface area contributed by atoms with Crippen molar-refractivity contribution in [2.24, 2.45) is 0 Å². The summed E-state index contributed by atoms with van der Waals surface area (Å²) in [6, 6.07) is 3.44. The van der Waals surface area contributed by atoms with Crippen molar-refractivity contribution in [1.82, 2.24) is 9.47 Å². The molecule has 1 rings (SSSR count). The summed E-state index contributed by atoms with van der Waals surface area (Å²) >= 11 is 0. The van der Waals surface area contributed by atoms with Gasteiger partial charge < -0.3 is 14.6 Å². The number of nitrogens with zero attached hydrogens (tertiary/aromatic N) is 2. The van der Waals surface area contributed by atoms with E-state index in [0.29, 0.717) is 18.8 Å². The van der Waals surface area contributed by atoms with Gasteiger partial charge in [0.1, 0.15) is 0 Å². The van der Waals surface area contributed by atoms with Crippen molar-refractivity contribution < 1.29 is 19.5 Å². The van der Waals surface area contributed by atoms with Gasteiger partial charge in [0.15, 0.2) is 6.29 Å². The van der Waals surface area contributed by atoms with Gasteiger partial charge in [0, 0.05) is 32.3 Å². The van der Waals surface area contributed by atoms with Gasteiger partial charge in [-0.3, -0.25) is 14.4 Å². The molecule has 0 aliphatic heterocycles. The van der Waals surface area contributed by atoms with Crippen LogP contribution in [0, 0.1) is 0 Å². The molecule has 0 unspecified atom stereocenters. The summed E-state index contributed by atoms with van der Waals surface area (Å²) in [6.07, 6.45) is 3.50. The lowest BCUT2D eigenvalue weighted by Crippen LogP contribution is -2.34. The van der Waals surface area contributed by atoms with Gasteiger partial charge in [0.2, 0.25) is 5.91 Å². The van der Waals surface area contributed by atoms with E-state index in [0.717, 1.165) is 12.7 Å². The van der Waals surface area contributed by atoms with Crippen molar-refractivity contribution >= 4 is 18.2 Å². The van der Waals surface area contributed by atoms with Gasteiger partial charge in [-0.25, -0.2) is 0 Å². The molecule has 0 aliphatic rings. The molecular weight excluding hydrogens is 260 g/mol. The summed E-state index contributed by atoms with van der Waals surface area (Å²) in [5.74, 6) is -0.994. The number of aliphatic carboxylic acids is 1. The van der Waals surface area contributed by atoms with Gasteiger partial charge in [-0.05, 0) is 18.6 Å². The van der Waals surface area contributed by atoms with Crippen LogP contribution in [-0.4, -0.2) is 45.8 Å². The number of carbonyl (C=O) groups is 3. The first kappa shape index (κ1) is 15.9. The van der Waals surface area contributed by atoms with E-state index in [9.17, 15) is 14.4 Å². The maximum absolute atomic E-state index is 12.1. The molecule has 0 bridgehead atoms. The van der Waals surface area contributed by atoms with E-state index in [4.69, 9.17) is 5.11 Å². The SMILES string of the molecule is CCCN(CCC(=O)O)C(=O)CCn1cccc1C=O. The van der Waals surface area contributed by atoms with E-state index < -0.39 is 5.97 Å². The predicted molar refractivity (Wildman–Crippen MR) is 73.6 cm³/mol. The second-order valence-corrected chi connectivity index (χ2v) is 4.52. The highest BCUT2D eigenvalue weighted by atomic mass is 16.4. The fraction of sp³-hybridized carbons (Fsp3) is 0.500. The van der Waals surface area contributed by atoms with E-state index in [1.807, 2.05) is 6.92 Å². The molecule has 1 aromatic rings. The summed E-state index contributed by atoms with van der Waals surface area (Å²) in [5.41, 5.74) is 0.533. The predicted octanol–water partition coefficient (Wildman–Crippen LogP) is 1.40. The van der Waals surface area contributed by atoms with Gasteiger partial charge in [0.05, 0.1) is 12.1 Å². The number of carbonyl (C=O) groups excluding carboxylic acids is 2. The molecule has 1 amide bonds.